The molecule has 25 heavy (non-hydrogen) atoms. The zero-order valence-electron chi connectivity index (χ0n) is 13.5. The minimum atomic E-state index is 0.167. The predicted molar refractivity (Wildman–Crippen MR) is 100 cm³/mol. The zero-order chi connectivity index (χ0) is 17.6. The Morgan fingerprint density at radius 3 is 2.84 bits per heavy atom. The molecule has 0 saturated carbocycles. The Bertz CT molecular complexity index is 989. The van der Waals surface area contributed by atoms with Gasteiger partial charge >= 0.3 is 0 Å². The summed E-state index contributed by atoms with van der Waals surface area (Å²) in [6, 6.07) is 15.5. The molecule has 1 heterocycles. The number of rotatable bonds is 5. The number of allylic oxidation sites excluding steroid dienone is 1. The molecular formula is C20H14N2O2S. The van der Waals surface area contributed by atoms with E-state index in [0.717, 1.165) is 15.8 Å². The third kappa shape index (κ3) is 3.63. The van der Waals surface area contributed by atoms with Gasteiger partial charge in [-0.05, 0) is 35.9 Å². The van der Waals surface area contributed by atoms with Crippen molar-refractivity contribution in [3.05, 3.63) is 53.0 Å². The first kappa shape index (κ1) is 16.6. The number of ether oxygens (including phenoxy) is 2. The fourth-order valence-corrected chi connectivity index (χ4v) is 3.24. The third-order valence-electron chi connectivity index (χ3n) is 3.45. The highest BCUT2D eigenvalue weighted by Gasteiger charge is 2.10. The van der Waals surface area contributed by atoms with Crippen LogP contribution in [0, 0.1) is 23.7 Å². The summed E-state index contributed by atoms with van der Waals surface area (Å²) in [5.74, 6) is 3.54. The van der Waals surface area contributed by atoms with Gasteiger partial charge in [-0.1, -0.05) is 24.1 Å². The number of fused-ring (bicyclic) bond motifs is 1. The maximum Gasteiger partial charge on any atom is 0.162 e. The standard InChI is InChI=1S/C20H14N2O2S/c1-3-10-24-17-9-8-14(12-18(17)23-2)11-15(13-21)20-22-16-6-4-5-7-19(16)25-20/h1,4-9,11-12H,10H2,2H3/b15-11-. The van der Waals surface area contributed by atoms with E-state index in [4.69, 9.17) is 15.9 Å². The second-order valence-corrected chi connectivity index (χ2v) is 6.09. The van der Waals surface area contributed by atoms with Gasteiger partial charge in [0.15, 0.2) is 11.5 Å². The smallest absolute Gasteiger partial charge is 0.162 e. The van der Waals surface area contributed by atoms with Crippen LogP contribution in [0.1, 0.15) is 10.6 Å². The molecule has 0 aliphatic rings. The van der Waals surface area contributed by atoms with Crippen LogP contribution in [0.15, 0.2) is 42.5 Å². The number of terminal acetylenes is 1. The molecule has 4 nitrogen and oxygen atoms in total. The highest BCUT2D eigenvalue weighted by Crippen LogP contribution is 2.31. The van der Waals surface area contributed by atoms with Gasteiger partial charge < -0.3 is 9.47 Å². The van der Waals surface area contributed by atoms with E-state index in [2.05, 4.69) is 17.0 Å². The molecule has 0 unspecified atom stereocenters. The van der Waals surface area contributed by atoms with Crippen molar-refractivity contribution in [2.24, 2.45) is 0 Å². The summed E-state index contributed by atoms with van der Waals surface area (Å²) < 4.78 is 11.8. The molecule has 0 fully saturated rings. The van der Waals surface area contributed by atoms with Gasteiger partial charge in [0, 0.05) is 0 Å². The van der Waals surface area contributed by atoms with Crippen molar-refractivity contribution in [2.75, 3.05) is 13.7 Å². The number of hydrogen-bond donors (Lipinski definition) is 0. The minimum absolute atomic E-state index is 0.167. The SMILES string of the molecule is C#CCOc1ccc(/C=C(/C#N)c2nc3ccccc3s2)cc1OC. The number of methoxy groups -OCH3 is 1. The van der Waals surface area contributed by atoms with E-state index in [1.165, 1.54) is 11.3 Å². The van der Waals surface area contributed by atoms with Crippen molar-refractivity contribution in [3.8, 4) is 29.9 Å². The molecule has 3 rings (SSSR count). The lowest BCUT2D eigenvalue weighted by molar-refractivity contribution is 0.331. The first-order valence-corrected chi connectivity index (χ1v) is 8.29. The van der Waals surface area contributed by atoms with E-state index >= 15 is 0 Å². The van der Waals surface area contributed by atoms with Gasteiger partial charge in [0.1, 0.15) is 17.7 Å². The number of nitrogens with zero attached hydrogens (tertiary/aromatic N) is 2. The van der Waals surface area contributed by atoms with Crippen LogP contribution < -0.4 is 9.47 Å². The average molecular weight is 346 g/mol. The first-order valence-electron chi connectivity index (χ1n) is 7.47. The van der Waals surface area contributed by atoms with Gasteiger partial charge in [0.25, 0.3) is 0 Å². The van der Waals surface area contributed by atoms with E-state index in [0.29, 0.717) is 22.1 Å². The minimum Gasteiger partial charge on any atom is -0.493 e. The summed E-state index contributed by atoms with van der Waals surface area (Å²) in [5.41, 5.74) is 2.21. The Labute approximate surface area is 150 Å². The maximum atomic E-state index is 9.53. The molecule has 1 aromatic heterocycles. The monoisotopic (exact) mass is 346 g/mol. The molecule has 0 aliphatic carbocycles. The molecule has 122 valence electrons. The normalized spacial score (nSPS) is 10.9. The second kappa shape index (κ2) is 7.53. The summed E-state index contributed by atoms with van der Waals surface area (Å²) >= 11 is 1.49. The van der Waals surface area contributed by atoms with E-state index in [-0.39, 0.29) is 6.61 Å². The molecular weight excluding hydrogens is 332 g/mol. The number of thiazole rings is 1. The summed E-state index contributed by atoms with van der Waals surface area (Å²) in [7, 11) is 1.56. The summed E-state index contributed by atoms with van der Waals surface area (Å²) in [6.45, 7) is 0.167. The molecule has 5 heteroatoms. The molecule has 2 aromatic carbocycles. The first-order chi connectivity index (χ1) is 12.2. The van der Waals surface area contributed by atoms with Crippen LogP contribution in [0.3, 0.4) is 0 Å². The van der Waals surface area contributed by atoms with Crippen molar-refractivity contribution >= 4 is 33.2 Å². The Hall–Kier alpha value is -3.28. The van der Waals surface area contributed by atoms with Gasteiger partial charge in [-0.25, -0.2) is 4.98 Å². The molecule has 0 amide bonds. The van der Waals surface area contributed by atoms with E-state index in [1.807, 2.05) is 30.3 Å². The van der Waals surface area contributed by atoms with Crippen LogP contribution >= 0.6 is 11.3 Å². The van der Waals surface area contributed by atoms with Crippen molar-refractivity contribution in [2.45, 2.75) is 0 Å². The fraction of sp³-hybridized carbons (Fsp3) is 0.100. The quantitative estimate of drug-likeness (QED) is 0.508. The van der Waals surface area contributed by atoms with Crippen molar-refractivity contribution in [3.63, 3.8) is 0 Å². The lowest BCUT2D eigenvalue weighted by Crippen LogP contribution is -1.96. The predicted octanol–water partition coefficient (Wildman–Crippen LogP) is 4.38. The highest BCUT2D eigenvalue weighted by molar-refractivity contribution is 7.19. The van der Waals surface area contributed by atoms with Crippen LogP contribution in [0.5, 0.6) is 11.5 Å². The van der Waals surface area contributed by atoms with Gasteiger partial charge in [0.05, 0.1) is 22.9 Å². The van der Waals surface area contributed by atoms with Crippen LogP contribution in [0.2, 0.25) is 0 Å². The van der Waals surface area contributed by atoms with Crippen molar-refractivity contribution < 1.29 is 9.47 Å². The number of hydrogen-bond acceptors (Lipinski definition) is 5. The average Bonchev–Trinajstić information content (AvgIpc) is 3.08. The number of nitriles is 1. The zero-order valence-corrected chi connectivity index (χ0v) is 14.3. The Morgan fingerprint density at radius 2 is 2.12 bits per heavy atom. The molecule has 0 radical (unpaired) electrons. The molecule has 0 saturated heterocycles. The third-order valence-corrected chi connectivity index (χ3v) is 4.52. The summed E-state index contributed by atoms with van der Waals surface area (Å²) in [5, 5.41) is 10.2. The molecule has 3 aromatic rings. The molecule has 0 bridgehead atoms. The summed E-state index contributed by atoms with van der Waals surface area (Å²) in [6.07, 6.45) is 6.99. The molecule has 0 N–H and O–H groups in total. The Balaban J connectivity index is 1.97. The summed E-state index contributed by atoms with van der Waals surface area (Å²) in [4.78, 5) is 4.53. The lowest BCUT2D eigenvalue weighted by atomic mass is 10.1. The van der Waals surface area contributed by atoms with Gasteiger partial charge in [-0.2, -0.15) is 5.26 Å². The molecule has 0 spiro atoms. The van der Waals surface area contributed by atoms with Crippen molar-refractivity contribution in [1.82, 2.24) is 4.98 Å². The largest absolute Gasteiger partial charge is 0.493 e. The van der Waals surface area contributed by atoms with Gasteiger partial charge in [-0.15, -0.1) is 17.8 Å². The second-order valence-electron chi connectivity index (χ2n) is 5.06. The fourth-order valence-electron chi connectivity index (χ4n) is 2.31. The van der Waals surface area contributed by atoms with E-state index in [9.17, 15) is 5.26 Å². The number of benzene rings is 2. The van der Waals surface area contributed by atoms with Crippen LogP contribution in [0.4, 0.5) is 0 Å². The number of aromatic nitrogens is 1. The molecule has 0 aliphatic heterocycles. The number of para-hydroxylation sites is 1. The van der Waals surface area contributed by atoms with Crippen LogP contribution in [-0.4, -0.2) is 18.7 Å². The van der Waals surface area contributed by atoms with Gasteiger partial charge in [-0.3, -0.25) is 0 Å². The van der Waals surface area contributed by atoms with Crippen molar-refractivity contribution in [1.29, 1.82) is 5.26 Å². The van der Waals surface area contributed by atoms with Gasteiger partial charge in [0.2, 0.25) is 0 Å². The molecule has 0 atom stereocenters. The topological polar surface area (TPSA) is 55.1 Å². The van der Waals surface area contributed by atoms with E-state index < -0.39 is 0 Å². The Kier molecular flexibility index (Phi) is 4.99. The van der Waals surface area contributed by atoms with E-state index in [1.54, 1.807) is 25.3 Å². The maximum absolute atomic E-state index is 9.53. The van der Waals surface area contributed by atoms with Crippen LogP contribution in [-0.2, 0) is 0 Å². The highest BCUT2D eigenvalue weighted by atomic mass is 32.1. The lowest BCUT2D eigenvalue weighted by Gasteiger charge is -2.09. The Morgan fingerprint density at radius 1 is 1.28 bits per heavy atom. The van der Waals surface area contributed by atoms with Crippen LogP contribution in [0.25, 0.3) is 21.9 Å².